The van der Waals surface area contributed by atoms with Crippen molar-refractivity contribution in [2.24, 2.45) is 17.4 Å². The monoisotopic (exact) mass is 453 g/mol. The summed E-state index contributed by atoms with van der Waals surface area (Å²) in [6, 6.07) is -3.20. The number of carbonyl (C=O) groups excluding carboxylic acids is 4. The van der Waals surface area contributed by atoms with Gasteiger partial charge in [0.1, 0.15) is 12.1 Å². The highest BCUT2D eigenvalue weighted by Crippen LogP contribution is 2.06. The number of imidazole rings is 1. The predicted molar refractivity (Wildman–Crippen MR) is 113 cm³/mol. The molecule has 3 atom stereocenters. The van der Waals surface area contributed by atoms with E-state index in [1.54, 1.807) is 0 Å². The molecule has 3 unspecified atom stereocenters. The lowest BCUT2D eigenvalue weighted by Crippen LogP contribution is -2.54. The maximum Gasteiger partial charge on any atom is 0.326 e. The summed E-state index contributed by atoms with van der Waals surface area (Å²) in [5.41, 5.74) is 11.3. The van der Waals surface area contributed by atoms with E-state index in [0.717, 1.165) is 0 Å². The number of hydrogen-bond donors (Lipinski definition) is 7. The third kappa shape index (κ3) is 10.0. The summed E-state index contributed by atoms with van der Waals surface area (Å²) in [7, 11) is 0. The zero-order chi connectivity index (χ0) is 24.3. The average molecular weight is 454 g/mol. The number of carbonyl (C=O) groups is 5. The number of hydrogen-bond acceptors (Lipinski definition) is 7. The van der Waals surface area contributed by atoms with Crippen LogP contribution in [0.4, 0.5) is 0 Å². The van der Waals surface area contributed by atoms with Crippen molar-refractivity contribution in [2.45, 2.75) is 57.7 Å². The van der Waals surface area contributed by atoms with Gasteiger partial charge in [-0.05, 0) is 18.8 Å². The molecule has 0 radical (unpaired) electrons. The van der Waals surface area contributed by atoms with E-state index in [-0.39, 0.29) is 31.6 Å². The molecule has 0 aromatic carbocycles. The Bertz CT molecular complexity index is 796. The lowest BCUT2D eigenvalue weighted by Gasteiger charge is -2.22. The molecule has 1 aromatic heterocycles. The molecule has 178 valence electrons. The number of nitrogens with one attached hydrogen (secondary N) is 4. The number of aromatic nitrogens is 2. The van der Waals surface area contributed by atoms with Crippen molar-refractivity contribution in [3.63, 3.8) is 0 Å². The van der Waals surface area contributed by atoms with Crippen molar-refractivity contribution in [3.05, 3.63) is 18.2 Å². The fraction of sp³-hybridized carbons (Fsp3) is 0.579. The van der Waals surface area contributed by atoms with Gasteiger partial charge < -0.3 is 37.5 Å². The molecular weight excluding hydrogens is 422 g/mol. The van der Waals surface area contributed by atoms with Crippen molar-refractivity contribution >= 4 is 29.6 Å². The molecule has 0 saturated carbocycles. The van der Waals surface area contributed by atoms with Crippen LogP contribution < -0.4 is 27.4 Å². The lowest BCUT2D eigenvalue weighted by molar-refractivity contribution is -0.141. The minimum atomic E-state index is -1.24. The number of rotatable bonds is 14. The van der Waals surface area contributed by atoms with Crippen LogP contribution in [0.1, 0.15) is 38.8 Å². The van der Waals surface area contributed by atoms with Crippen LogP contribution in [0.15, 0.2) is 12.5 Å². The predicted octanol–water partition coefficient (Wildman–Crippen LogP) is -2.24. The molecule has 1 heterocycles. The number of aromatic amines is 1. The molecule has 0 aliphatic carbocycles. The molecule has 4 amide bonds. The molecule has 1 rings (SSSR count). The fourth-order valence-corrected chi connectivity index (χ4v) is 2.76. The Balaban J connectivity index is 2.62. The largest absolute Gasteiger partial charge is 0.480 e. The van der Waals surface area contributed by atoms with Crippen LogP contribution in [0, 0.1) is 5.92 Å². The number of nitrogens with two attached hydrogens (primary N) is 2. The number of amides is 4. The molecular formula is C19H31N7O6. The summed E-state index contributed by atoms with van der Waals surface area (Å²) >= 11 is 0. The van der Waals surface area contributed by atoms with Crippen LogP contribution in [0.5, 0.6) is 0 Å². The maximum absolute atomic E-state index is 12.5. The summed E-state index contributed by atoms with van der Waals surface area (Å²) in [5, 5.41) is 16.5. The topological polar surface area (TPSA) is 222 Å². The fourth-order valence-electron chi connectivity index (χ4n) is 2.76. The number of carboxylic acid groups (broad SMARTS) is 1. The van der Waals surface area contributed by atoms with Crippen molar-refractivity contribution in [1.82, 2.24) is 25.9 Å². The zero-order valence-electron chi connectivity index (χ0n) is 18.1. The van der Waals surface area contributed by atoms with Gasteiger partial charge in [0.25, 0.3) is 0 Å². The van der Waals surface area contributed by atoms with Gasteiger partial charge in [-0.15, -0.1) is 0 Å². The van der Waals surface area contributed by atoms with Crippen LogP contribution >= 0.6 is 0 Å². The van der Waals surface area contributed by atoms with Crippen molar-refractivity contribution in [2.75, 3.05) is 6.54 Å². The molecule has 32 heavy (non-hydrogen) atoms. The molecule has 0 saturated heterocycles. The van der Waals surface area contributed by atoms with Gasteiger partial charge in [-0.25, -0.2) is 9.78 Å². The Hall–Kier alpha value is -3.48. The summed E-state index contributed by atoms with van der Waals surface area (Å²) in [5.74, 6) is -3.76. The van der Waals surface area contributed by atoms with Gasteiger partial charge in [0, 0.05) is 24.7 Å². The van der Waals surface area contributed by atoms with Crippen molar-refractivity contribution < 1.29 is 29.1 Å². The van der Waals surface area contributed by atoms with Crippen LogP contribution in [0.2, 0.25) is 0 Å². The summed E-state index contributed by atoms with van der Waals surface area (Å²) in [6.07, 6.45) is 3.06. The zero-order valence-corrected chi connectivity index (χ0v) is 18.1. The highest BCUT2D eigenvalue weighted by atomic mass is 16.4. The molecule has 0 spiro atoms. The van der Waals surface area contributed by atoms with Crippen LogP contribution in [0.25, 0.3) is 0 Å². The van der Waals surface area contributed by atoms with Gasteiger partial charge in [0.2, 0.25) is 23.6 Å². The minimum Gasteiger partial charge on any atom is -0.480 e. The Kier molecular flexibility index (Phi) is 10.8. The molecule has 13 nitrogen and oxygen atoms in total. The second kappa shape index (κ2) is 13.0. The van der Waals surface area contributed by atoms with E-state index in [4.69, 9.17) is 11.5 Å². The van der Waals surface area contributed by atoms with E-state index in [1.165, 1.54) is 12.5 Å². The van der Waals surface area contributed by atoms with E-state index >= 15 is 0 Å². The first kappa shape index (κ1) is 26.6. The number of aliphatic carboxylic acids is 1. The van der Waals surface area contributed by atoms with E-state index in [9.17, 15) is 29.1 Å². The van der Waals surface area contributed by atoms with Crippen molar-refractivity contribution in [3.8, 4) is 0 Å². The lowest BCUT2D eigenvalue weighted by atomic mass is 10.0. The molecule has 13 heteroatoms. The van der Waals surface area contributed by atoms with Gasteiger partial charge in [-0.2, -0.15) is 0 Å². The van der Waals surface area contributed by atoms with E-state index in [0.29, 0.717) is 5.69 Å². The Morgan fingerprint density at radius 3 is 2.34 bits per heavy atom. The first-order chi connectivity index (χ1) is 15.0. The number of nitrogens with zero attached hydrogens (tertiary/aromatic N) is 1. The molecule has 0 fully saturated rings. The Morgan fingerprint density at radius 2 is 1.81 bits per heavy atom. The highest BCUT2D eigenvalue weighted by molar-refractivity contribution is 5.92. The standard InChI is InChI=1S/C19H31N7O6/c1-10(2)5-13(26-17(29)12(20)3-4-15(21)27)18(30)23-8-16(28)25-14(19(31)32)6-11-7-22-9-24-11/h7,9-10,12-14H,3-6,8,20H2,1-2H3,(H2,21,27)(H,22,24)(H,23,30)(H,25,28)(H,26,29)(H,31,32). The SMILES string of the molecule is CC(C)CC(NC(=O)C(N)CCC(N)=O)C(=O)NCC(=O)NC(Cc1cnc[nH]1)C(=O)O. The van der Waals surface area contributed by atoms with Gasteiger partial charge in [-0.1, -0.05) is 13.8 Å². The summed E-state index contributed by atoms with van der Waals surface area (Å²) < 4.78 is 0. The maximum atomic E-state index is 12.5. The summed E-state index contributed by atoms with van der Waals surface area (Å²) in [4.78, 5) is 65.7. The van der Waals surface area contributed by atoms with E-state index in [2.05, 4.69) is 25.9 Å². The van der Waals surface area contributed by atoms with Crippen LogP contribution in [0.3, 0.4) is 0 Å². The third-order valence-electron chi connectivity index (χ3n) is 4.41. The minimum absolute atomic E-state index is 0.00968. The van der Waals surface area contributed by atoms with Gasteiger partial charge in [0.05, 0.1) is 18.9 Å². The molecule has 9 N–H and O–H groups in total. The van der Waals surface area contributed by atoms with Gasteiger partial charge >= 0.3 is 5.97 Å². The van der Waals surface area contributed by atoms with E-state index < -0.39 is 54.3 Å². The second-order valence-electron chi connectivity index (χ2n) is 7.76. The van der Waals surface area contributed by atoms with Crippen molar-refractivity contribution in [1.29, 1.82) is 0 Å². The molecule has 0 aliphatic rings. The number of primary amides is 1. The summed E-state index contributed by atoms with van der Waals surface area (Å²) in [6.45, 7) is 3.21. The molecule has 0 aliphatic heterocycles. The quantitative estimate of drug-likeness (QED) is 0.163. The third-order valence-corrected chi connectivity index (χ3v) is 4.41. The van der Waals surface area contributed by atoms with Gasteiger partial charge in [0.15, 0.2) is 0 Å². The average Bonchev–Trinajstić information content (AvgIpc) is 3.21. The van der Waals surface area contributed by atoms with Gasteiger partial charge in [-0.3, -0.25) is 19.2 Å². The normalized spacial score (nSPS) is 13.6. The van der Waals surface area contributed by atoms with E-state index in [1.807, 2.05) is 13.8 Å². The highest BCUT2D eigenvalue weighted by Gasteiger charge is 2.26. The van der Waals surface area contributed by atoms with Crippen LogP contribution in [-0.4, -0.2) is 69.3 Å². The first-order valence-electron chi connectivity index (χ1n) is 10.1. The number of carboxylic acids is 1. The molecule has 0 bridgehead atoms. The van der Waals surface area contributed by atoms with Crippen LogP contribution in [-0.2, 0) is 30.4 Å². The Labute approximate surface area is 185 Å². The molecule has 1 aromatic rings. The second-order valence-corrected chi connectivity index (χ2v) is 7.76. The smallest absolute Gasteiger partial charge is 0.326 e. The Morgan fingerprint density at radius 1 is 1.12 bits per heavy atom. The first-order valence-corrected chi connectivity index (χ1v) is 10.1. The number of H-pyrrole nitrogens is 1.